The molecule has 21 heavy (non-hydrogen) atoms. The molecule has 0 spiro atoms. The molecule has 0 N–H and O–H groups in total. The summed E-state index contributed by atoms with van der Waals surface area (Å²) in [6, 6.07) is 2.31. The second kappa shape index (κ2) is 7.24. The quantitative estimate of drug-likeness (QED) is 0.808. The van der Waals surface area contributed by atoms with E-state index in [1.165, 1.54) is 0 Å². The van der Waals surface area contributed by atoms with Gasteiger partial charge in [-0.25, -0.2) is 4.68 Å². The van der Waals surface area contributed by atoms with Crippen LogP contribution in [0.1, 0.15) is 37.2 Å². The molecule has 0 aliphatic rings. The Morgan fingerprint density at radius 1 is 1.29 bits per heavy atom. The minimum atomic E-state index is -4.47. The first-order valence-corrected chi connectivity index (χ1v) is 6.72. The number of nitrogens with zero attached hydrogens (tertiary/aromatic N) is 3. The Morgan fingerprint density at radius 3 is 2.48 bits per heavy atom. The van der Waals surface area contributed by atoms with E-state index in [1.54, 1.807) is 6.92 Å². The lowest BCUT2D eigenvalue weighted by atomic mass is 10.3. The SMILES string of the molecule is CCCN(CC(F)(F)F)C(=O)c1ccc(=O)n(CCC)n1. The molecule has 0 saturated carbocycles. The minimum absolute atomic E-state index is 0.0209. The molecule has 1 aromatic heterocycles. The average Bonchev–Trinajstić information content (AvgIpc) is 2.39. The van der Waals surface area contributed by atoms with Crippen molar-refractivity contribution >= 4 is 5.91 Å². The Labute approximate surface area is 120 Å². The Bertz CT molecular complexity index is 540. The molecule has 1 rings (SSSR count). The summed E-state index contributed by atoms with van der Waals surface area (Å²) in [5.41, 5.74) is -0.535. The number of hydrogen-bond acceptors (Lipinski definition) is 3. The van der Waals surface area contributed by atoms with E-state index in [1.807, 2.05) is 6.92 Å². The van der Waals surface area contributed by atoms with Crippen LogP contribution in [0.2, 0.25) is 0 Å². The second-order valence-electron chi connectivity index (χ2n) is 4.62. The van der Waals surface area contributed by atoms with Crippen molar-refractivity contribution in [3.8, 4) is 0 Å². The van der Waals surface area contributed by atoms with Crippen LogP contribution in [-0.2, 0) is 6.54 Å². The summed E-state index contributed by atoms with van der Waals surface area (Å²) in [4.78, 5) is 24.3. The van der Waals surface area contributed by atoms with Crippen LogP contribution < -0.4 is 5.56 Å². The van der Waals surface area contributed by atoms with Gasteiger partial charge in [0, 0.05) is 19.2 Å². The van der Waals surface area contributed by atoms with E-state index in [9.17, 15) is 22.8 Å². The molecule has 0 aliphatic heterocycles. The summed E-state index contributed by atoms with van der Waals surface area (Å²) >= 11 is 0. The van der Waals surface area contributed by atoms with Crippen LogP contribution in [-0.4, -0.2) is 39.9 Å². The van der Waals surface area contributed by atoms with Crippen molar-refractivity contribution in [1.82, 2.24) is 14.7 Å². The fourth-order valence-corrected chi connectivity index (χ4v) is 1.84. The van der Waals surface area contributed by atoms with Crippen molar-refractivity contribution in [1.29, 1.82) is 0 Å². The predicted molar refractivity (Wildman–Crippen MR) is 71.0 cm³/mol. The van der Waals surface area contributed by atoms with Crippen molar-refractivity contribution in [2.24, 2.45) is 0 Å². The molecule has 0 aromatic carbocycles. The highest BCUT2D eigenvalue weighted by atomic mass is 19.4. The topological polar surface area (TPSA) is 55.2 Å². The molecule has 0 aliphatic carbocycles. The largest absolute Gasteiger partial charge is 0.406 e. The maximum atomic E-state index is 12.5. The number of alkyl halides is 3. The van der Waals surface area contributed by atoms with Gasteiger partial charge in [0.2, 0.25) is 0 Å². The van der Waals surface area contributed by atoms with Crippen LogP contribution in [0.5, 0.6) is 0 Å². The van der Waals surface area contributed by atoms with Gasteiger partial charge in [0.05, 0.1) is 0 Å². The number of carbonyl (C=O) groups excluding carboxylic acids is 1. The molecule has 5 nitrogen and oxygen atoms in total. The lowest BCUT2D eigenvalue weighted by Gasteiger charge is -2.23. The summed E-state index contributed by atoms with van der Waals surface area (Å²) in [5, 5.41) is 3.84. The highest BCUT2D eigenvalue weighted by Crippen LogP contribution is 2.17. The lowest BCUT2D eigenvalue weighted by Crippen LogP contribution is -2.40. The van der Waals surface area contributed by atoms with Crippen LogP contribution in [0, 0.1) is 0 Å². The van der Waals surface area contributed by atoms with E-state index in [2.05, 4.69) is 5.10 Å². The van der Waals surface area contributed by atoms with Crippen molar-refractivity contribution < 1.29 is 18.0 Å². The van der Waals surface area contributed by atoms with E-state index in [-0.39, 0.29) is 17.8 Å². The highest BCUT2D eigenvalue weighted by Gasteiger charge is 2.33. The molecule has 1 heterocycles. The molecule has 1 amide bonds. The van der Waals surface area contributed by atoms with Gasteiger partial charge in [-0.05, 0) is 18.9 Å². The fourth-order valence-electron chi connectivity index (χ4n) is 1.84. The fraction of sp³-hybridized carbons (Fsp3) is 0.615. The van der Waals surface area contributed by atoms with E-state index >= 15 is 0 Å². The zero-order valence-corrected chi connectivity index (χ0v) is 12.0. The number of halogens is 3. The van der Waals surface area contributed by atoms with Crippen LogP contribution >= 0.6 is 0 Å². The molecule has 1 aromatic rings. The Kier molecular flexibility index (Phi) is 5.92. The second-order valence-corrected chi connectivity index (χ2v) is 4.62. The third-order valence-corrected chi connectivity index (χ3v) is 2.67. The molecular formula is C13H18F3N3O2. The van der Waals surface area contributed by atoms with Gasteiger partial charge in [-0.2, -0.15) is 18.3 Å². The van der Waals surface area contributed by atoms with Gasteiger partial charge in [0.25, 0.3) is 11.5 Å². The van der Waals surface area contributed by atoms with Gasteiger partial charge < -0.3 is 4.90 Å². The molecule has 0 saturated heterocycles. The Hall–Kier alpha value is -1.86. The maximum absolute atomic E-state index is 12.5. The summed E-state index contributed by atoms with van der Waals surface area (Å²) in [5.74, 6) is -0.820. The third kappa shape index (κ3) is 5.20. The zero-order chi connectivity index (χ0) is 16.0. The molecule has 0 atom stereocenters. The first kappa shape index (κ1) is 17.2. The van der Waals surface area contributed by atoms with Gasteiger partial charge in [0.1, 0.15) is 12.2 Å². The summed E-state index contributed by atoms with van der Waals surface area (Å²) in [7, 11) is 0. The molecule has 0 fully saturated rings. The summed E-state index contributed by atoms with van der Waals surface area (Å²) in [6.07, 6.45) is -3.44. The molecular weight excluding hydrogens is 287 g/mol. The maximum Gasteiger partial charge on any atom is 0.406 e. The normalized spacial score (nSPS) is 11.5. The van der Waals surface area contributed by atoms with Crippen LogP contribution in [0.15, 0.2) is 16.9 Å². The van der Waals surface area contributed by atoms with Crippen molar-refractivity contribution in [3.05, 3.63) is 28.2 Å². The first-order chi connectivity index (χ1) is 9.78. The Balaban J connectivity index is 3.03. The minimum Gasteiger partial charge on any atom is -0.328 e. The van der Waals surface area contributed by atoms with E-state index in [4.69, 9.17) is 0 Å². The average molecular weight is 305 g/mol. The van der Waals surface area contributed by atoms with Crippen molar-refractivity contribution in [3.63, 3.8) is 0 Å². The number of rotatable bonds is 6. The highest BCUT2D eigenvalue weighted by molar-refractivity contribution is 5.92. The van der Waals surface area contributed by atoms with Gasteiger partial charge in [-0.3, -0.25) is 9.59 Å². The molecule has 0 unspecified atom stereocenters. The molecule has 0 bridgehead atoms. The number of amides is 1. The lowest BCUT2D eigenvalue weighted by molar-refractivity contribution is -0.140. The van der Waals surface area contributed by atoms with Crippen LogP contribution in [0.4, 0.5) is 13.2 Å². The van der Waals surface area contributed by atoms with Crippen LogP contribution in [0.3, 0.4) is 0 Å². The number of aromatic nitrogens is 2. The van der Waals surface area contributed by atoms with E-state index in [0.717, 1.165) is 16.8 Å². The number of aryl methyl sites for hydroxylation is 1. The summed E-state index contributed by atoms with van der Waals surface area (Å²) < 4.78 is 38.6. The smallest absolute Gasteiger partial charge is 0.328 e. The van der Waals surface area contributed by atoms with Crippen molar-refractivity contribution in [2.75, 3.05) is 13.1 Å². The predicted octanol–water partition coefficient (Wildman–Crippen LogP) is 2.07. The van der Waals surface area contributed by atoms with Gasteiger partial charge in [-0.1, -0.05) is 13.8 Å². The summed E-state index contributed by atoms with van der Waals surface area (Å²) in [6.45, 7) is 2.48. The van der Waals surface area contributed by atoms with Crippen molar-refractivity contribution in [2.45, 2.75) is 39.4 Å². The van der Waals surface area contributed by atoms with Crippen LogP contribution in [0.25, 0.3) is 0 Å². The number of hydrogen-bond donors (Lipinski definition) is 0. The molecule has 8 heteroatoms. The van der Waals surface area contributed by atoms with E-state index in [0.29, 0.717) is 24.3 Å². The van der Waals surface area contributed by atoms with Gasteiger partial charge in [0.15, 0.2) is 0 Å². The van der Waals surface area contributed by atoms with Gasteiger partial charge in [-0.15, -0.1) is 0 Å². The first-order valence-electron chi connectivity index (χ1n) is 6.72. The van der Waals surface area contributed by atoms with Gasteiger partial charge >= 0.3 is 6.18 Å². The third-order valence-electron chi connectivity index (χ3n) is 2.67. The number of carbonyl (C=O) groups is 1. The van der Waals surface area contributed by atoms with E-state index < -0.39 is 18.6 Å². The standard InChI is InChI=1S/C13H18F3N3O2/c1-3-7-18(9-13(14,15)16)12(21)10-5-6-11(20)19(17-10)8-4-2/h5-6H,3-4,7-9H2,1-2H3. The zero-order valence-electron chi connectivity index (χ0n) is 12.0. The Morgan fingerprint density at radius 2 is 1.95 bits per heavy atom. The molecule has 118 valence electrons. The monoisotopic (exact) mass is 305 g/mol. The molecule has 0 radical (unpaired) electrons.